The van der Waals surface area contributed by atoms with Gasteiger partial charge in [0.1, 0.15) is 5.75 Å². The number of sulfonamides is 1. The van der Waals surface area contributed by atoms with Gasteiger partial charge in [0.2, 0.25) is 0 Å². The zero-order valence-corrected chi connectivity index (χ0v) is 15.6. The van der Waals surface area contributed by atoms with Crippen molar-refractivity contribution in [2.45, 2.75) is 25.7 Å². The summed E-state index contributed by atoms with van der Waals surface area (Å²) in [5.74, 6) is 1.01. The second kappa shape index (κ2) is 7.21. The van der Waals surface area contributed by atoms with E-state index in [0.29, 0.717) is 34.9 Å². The van der Waals surface area contributed by atoms with E-state index in [1.165, 1.54) is 0 Å². The van der Waals surface area contributed by atoms with Crippen LogP contribution in [-0.2, 0) is 10.0 Å². The Kier molecular flexibility index (Phi) is 4.99. The third-order valence-corrected chi connectivity index (χ3v) is 5.33. The molecule has 0 spiro atoms. The van der Waals surface area contributed by atoms with Crippen LogP contribution in [0.15, 0.2) is 57.9 Å². The maximum absolute atomic E-state index is 13.0. The van der Waals surface area contributed by atoms with Crippen LogP contribution in [0.4, 0.5) is 5.69 Å². The van der Waals surface area contributed by atoms with Gasteiger partial charge in [-0.15, -0.1) is 0 Å². The lowest BCUT2D eigenvalue weighted by Crippen LogP contribution is -2.15. The van der Waals surface area contributed by atoms with Crippen molar-refractivity contribution in [3.05, 3.63) is 59.8 Å². The van der Waals surface area contributed by atoms with Gasteiger partial charge >= 0.3 is 0 Å². The maximum Gasteiger partial charge on any atom is 0.262 e. The van der Waals surface area contributed by atoms with Crippen LogP contribution in [-0.4, -0.2) is 20.2 Å². The van der Waals surface area contributed by atoms with Crippen LogP contribution in [0.1, 0.15) is 18.2 Å². The van der Waals surface area contributed by atoms with Gasteiger partial charge in [-0.3, -0.25) is 4.72 Å². The second-order valence-electron chi connectivity index (χ2n) is 5.85. The molecule has 0 atom stereocenters. The average Bonchev–Trinajstić information content (AvgIpc) is 3.03. The van der Waals surface area contributed by atoms with E-state index >= 15 is 0 Å². The highest BCUT2D eigenvalue weighted by atomic mass is 32.2. The topological polar surface area (TPSA) is 81.4 Å². The Morgan fingerprint density at radius 3 is 2.58 bits per heavy atom. The number of anilines is 1. The molecule has 26 heavy (non-hydrogen) atoms. The first kappa shape index (κ1) is 18.0. The number of aromatic nitrogens is 1. The molecule has 3 aromatic rings. The fourth-order valence-electron chi connectivity index (χ4n) is 2.57. The molecular formula is C19H20N2O4S. The van der Waals surface area contributed by atoms with Gasteiger partial charge in [0, 0.05) is 11.6 Å². The van der Waals surface area contributed by atoms with Crippen LogP contribution in [0.25, 0.3) is 11.3 Å². The lowest BCUT2D eigenvalue weighted by molar-refractivity contribution is 0.342. The van der Waals surface area contributed by atoms with E-state index in [9.17, 15) is 8.42 Å². The molecule has 1 N–H and O–H groups in total. The molecule has 7 heteroatoms. The summed E-state index contributed by atoms with van der Waals surface area (Å²) >= 11 is 0. The van der Waals surface area contributed by atoms with Gasteiger partial charge in [-0.25, -0.2) is 8.42 Å². The molecule has 0 unspecified atom stereocenters. The van der Waals surface area contributed by atoms with E-state index in [0.717, 1.165) is 5.69 Å². The highest BCUT2D eigenvalue weighted by molar-refractivity contribution is 7.92. The van der Waals surface area contributed by atoms with Gasteiger partial charge in [0.05, 0.1) is 22.9 Å². The molecule has 136 valence electrons. The first-order valence-electron chi connectivity index (χ1n) is 8.19. The lowest BCUT2D eigenvalue weighted by Gasteiger charge is -2.14. The molecule has 0 aliphatic heterocycles. The van der Waals surface area contributed by atoms with Crippen molar-refractivity contribution in [1.29, 1.82) is 0 Å². The lowest BCUT2D eigenvalue weighted by atomic mass is 10.1. The Bertz CT molecular complexity index is 1030. The van der Waals surface area contributed by atoms with Crippen molar-refractivity contribution in [2.75, 3.05) is 11.3 Å². The van der Waals surface area contributed by atoms with Gasteiger partial charge in [-0.05, 0) is 44.5 Å². The number of aryl methyl sites for hydroxylation is 2. The average molecular weight is 372 g/mol. The minimum absolute atomic E-state index is 0.176. The van der Waals surface area contributed by atoms with Gasteiger partial charge in [0.15, 0.2) is 5.76 Å². The Labute approximate surface area is 152 Å². The molecule has 2 aromatic carbocycles. The molecular weight excluding hydrogens is 352 g/mol. The predicted molar refractivity (Wildman–Crippen MR) is 99.8 cm³/mol. The van der Waals surface area contributed by atoms with Crippen LogP contribution in [0, 0.1) is 13.8 Å². The first-order valence-corrected chi connectivity index (χ1v) is 9.68. The zero-order chi connectivity index (χ0) is 18.7. The van der Waals surface area contributed by atoms with Crippen LogP contribution < -0.4 is 9.46 Å². The molecule has 1 heterocycles. The standard InChI is InChI=1S/C19H20N2O4S/c1-4-24-17-8-6-5-7-16(17)21-26(22,23)19-12-15(10-9-13(19)2)18-11-14(3)20-25-18/h5-12,21H,4H2,1-3H3. The van der Waals surface area contributed by atoms with Crippen molar-refractivity contribution in [2.24, 2.45) is 0 Å². The number of rotatable bonds is 6. The summed E-state index contributed by atoms with van der Waals surface area (Å²) in [6.07, 6.45) is 0. The van der Waals surface area contributed by atoms with Crippen LogP contribution >= 0.6 is 0 Å². The number of ether oxygens (including phenoxy) is 1. The van der Waals surface area contributed by atoms with Gasteiger partial charge in [0.25, 0.3) is 10.0 Å². The zero-order valence-electron chi connectivity index (χ0n) is 14.8. The van der Waals surface area contributed by atoms with E-state index < -0.39 is 10.0 Å². The van der Waals surface area contributed by atoms with Crippen molar-refractivity contribution >= 4 is 15.7 Å². The molecule has 1 aromatic heterocycles. The predicted octanol–water partition coefficient (Wildman–Crippen LogP) is 4.16. The summed E-state index contributed by atoms with van der Waals surface area (Å²) in [7, 11) is -3.80. The number of para-hydroxylation sites is 2. The van der Waals surface area contributed by atoms with Crippen molar-refractivity contribution in [3.8, 4) is 17.1 Å². The van der Waals surface area contributed by atoms with Crippen LogP contribution in [0.2, 0.25) is 0 Å². The Balaban J connectivity index is 1.99. The van der Waals surface area contributed by atoms with E-state index in [2.05, 4.69) is 9.88 Å². The van der Waals surface area contributed by atoms with Crippen LogP contribution in [0.5, 0.6) is 5.75 Å². The fourth-order valence-corrected chi connectivity index (χ4v) is 3.92. The third kappa shape index (κ3) is 3.72. The molecule has 6 nitrogen and oxygen atoms in total. The van der Waals surface area contributed by atoms with Crippen molar-refractivity contribution in [3.63, 3.8) is 0 Å². The summed E-state index contributed by atoms with van der Waals surface area (Å²) in [6, 6.07) is 13.8. The summed E-state index contributed by atoms with van der Waals surface area (Å²) in [4.78, 5) is 0.176. The maximum atomic E-state index is 13.0. The third-order valence-electron chi connectivity index (χ3n) is 3.82. The van der Waals surface area contributed by atoms with E-state index in [1.54, 1.807) is 49.4 Å². The van der Waals surface area contributed by atoms with Gasteiger partial charge in [-0.1, -0.05) is 29.4 Å². The minimum Gasteiger partial charge on any atom is -0.492 e. The second-order valence-corrected chi connectivity index (χ2v) is 7.50. The quantitative estimate of drug-likeness (QED) is 0.703. The minimum atomic E-state index is -3.80. The smallest absolute Gasteiger partial charge is 0.262 e. The summed E-state index contributed by atoms with van der Waals surface area (Å²) in [6.45, 7) is 5.85. The highest BCUT2D eigenvalue weighted by Crippen LogP contribution is 2.30. The number of hydrogen-bond donors (Lipinski definition) is 1. The molecule has 0 aliphatic carbocycles. The molecule has 0 aliphatic rings. The molecule has 0 fully saturated rings. The van der Waals surface area contributed by atoms with Gasteiger partial charge < -0.3 is 9.26 Å². The monoisotopic (exact) mass is 372 g/mol. The fraction of sp³-hybridized carbons (Fsp3) is 0.211. The number of nitrogens with one attached hydrogen (secondary N) is 1. The normalized spacial score (nSPS) is 11.3. The summed E-state index contributed by atoms with van der Waals surface area (Å²) < 4.78 is 39.3. The first-order chi connectivity index (χ1) is 12.4. The molecule has 0 saturated carbocycles. The van der Waals surface area contributed by atoms with E-state index in [-0.39, 0.29) is 4.90 Å². The summed E-state index contributed by atoms with van der Waals surface area (Å²) in [5.41, 5.74) is 2.41. The van der Waals surface area contributed by atoms with Crippen molar-refractivity contribution < 1.29 is 17.7 Å². The highest BCUT2D eigenvalue weighted by Gasteiger charge is 2.20. The molecule has 0 amide bonds. The largest absolute Gasteiger partial charge is 0.492 e. The Morgan fingerprint density at radius 2 is 1.88 bits per heavy atom. The Hall–Kier alpha value is -2.80. The molecule has 0 radical (unpaired) electrons. The van der Waals surface area contributed by atoms with Gasteiger partial charge in [-0.2, -0.15) is 0 Å². The summed E-state index contributed by atoms with van der Waals surface area (Å²) in [5, 5.41) is 3.85. The van der Waals surface area contributed by atoms with Crippen molar-refractivity contribution in [1.82, 2.24) is 5.16 Å². The van der Waals surface area contributed by atoms with Crippen LogP contribution in [0.3, 0.4) is 0 Å². The number of benzene rings is 2. The molecule has 0 bridgehead atoms. The number of hydrogen-bond acceptors (Lipinski definition) is 5. The Morgan fingerprint density at radius 1 is 1.12 bits per heavy atom. The van der Waals surface area contributed by atoms with E-state index in [1.807, 2.05) is 19.9 Å². The van der Waals surface area contributed by atoms with E-state index in [4.69, 9.17) is 9.26 Å². The molecule has 0 saturated heterocycles. The number of nitrogens with zero attached hydrogens (tertiary/aromatic N) is 1. The molecule has 3 rings (SSSR count). The SMILES string of the molecule is CCOc1ccccc1NS(=O)(=O)c1cc(-c2cc(C)no2)ccc1C.